The summed E-state index contributed by atoms with van der Waals surface area (Å²) in [6.07, 6.45) is 1.33. The molecular formula is C10H8O4. The quantitative estimate of drug-likeness (QED) is 0.794. The molecule has 2 aromatic rings. The third-order valence-corrected chi connectivity index (χ3v) is 1.86. The molecule has 4 heteroatoms. The van der Waals surface area contributed by atoms with Crippen LogP contribution in [0.4, 0.5) is 0 Å². The highest BCUT2D eigenvalue weighted by Gasteiger charge is 2.17. The molecule has 0 fully saturated rings. The Labute approximate surface area is 79.8 Å². The topological polar surface area (TPSA) is 63.6 Å². The van der Waals surface area contributed by atoms with Crippen LogP contribution in [0.2, 0.25) is 0 Å². The van der Waals surface area contributed by atoms with Gasteiger partial charge in [0.2, 0.25) is 0 Å². The van der Waals surface area contributed by atoms with E-state index in [-0.39, 0.29) is 11.3 Å². The molecule has 14 heavy (non-hydrogen) atoms. The van der Waals surface area contributed by atoms with Crippen molar-refractivity contribution in [3.8, 4) is 11.5 Å². The Morgan fingerprint density at radius 3 is 2.71 bits per heavy atom. The number of hydrogen-bond acceptors (Lipinski definition) is 3. The van der Waals surface area contributed by atoms with Gasteiger partial charge in [-0.15, -0.1) is 0 Å². The minimum atomic E-state index is -1.03. The van der Waals surface area contributed by atoms with Crippen LogP contribution < -0.4 is 0 Å². The van der Waals surface area contributed by atoms with Gasteiger partial charge in [-0.05, 0) is 25.1 Å². The summed E-state index contributed by atoms with van der Waals surface area (Å²) in [5.41, 5.74) is 0.111. The number of furan rings is 2. The molecule has 0 saturated carbocycles. The molecular weight excluding hydrogens is 184 g/mol. The van der Waals surface area contributed by atoms with E-state index in [1.807, 2.05) is 0 Å². The molecule has 0 spiro atoms. The van der Waals surface area contributed by atoms with Gasteiger partial charge >= 0.3 is 5.97 Å². The molecule has 2 rings (SSSR count). The van der Waals surface area contributed by atoms with Crippen molar-refractivity contribution in [1.29, 1.82) is 0 Å². The molecule has 2 aromatic heterocycles. The van der Waals surface area contributed by atoms with Gasteiger partial charge in [-0.2, -0.15) is 0 Å². The maximum Gasteiger partial charge on any atom is 0.339 e. The number of hydrogen-bond donors (Lipinski definition) is 1. The van der Waals surface area contributed by atoms with E-state index in [0.717, 1.165) is 0 Å². The third-order valence-electron chi connectivity index (χ3n) is 1.86. The van der Waals surface area contributed by atoms with Crippen molar-refractivity contribution >= 4 is 5.97 Å². The third kappa shape index (κ3) is 1.31. The van der Waals surface area contributed by atoms with Gasteiger partial charge in [0.1, 0.15) is 11.3 Å². The minimum Gasteiger partial charge on any atom is -0.478 e. The van der Waals surface area contributed by atoms with Crippen LogP contribution in [0.3, 0.4) is 0 Å². The molecule has 0 radical (unpaired) electrons. The van der Waals surface area contributed by atoms with Crippen LogP contribution in [0, 0.1) is 6.92 Å². The van der Waals surface area contributed by atoms with Gasteiger partial charge in [0.15, 0.2) is 11.5 Å². The van der Waals surface area contributed by atoms with Gasteiger partial charge < -0.3 is 13.9 Å². The Balaban J connectivity index is 2.51. The molecule has 4 nitrogen and oxygen atoms in total. The maximum absolute atomic E-state index is 10.8. The fourth-order valence-corrected chi connectivity index (χ4v) is 1.23. The Morgan fingerprint density at radius 1 is 1.36 bits per heavy atom. The zero-order valence-electron chi connectivity index (χ0n) is 7.48. The summed E-state index contributed by atoms with van der Waals surface area (Å²) in [4.78, 5) is 10.8. The van der Waals surface area contributed by atoms with E-state index < -0.39 is 5.97 Å². The van der Waals surface area contributed by atoms with Crippen LogP contribution in [0.15, 0.2) is 33.3 Å². The second-order valence-corrected chi connectivity index (χ2v) is 2.88. The SMILES string of the molecule is Cc1ccc(-c2occc2C(=O)O)o1. The first-order chi connectivity index (χ1) is 6.68. The summed E-state index contributed by atoms with van der Waals surface area (Å²) in [6, 6.07) is 4.83. The first kappa shape index (κ1) is 8.62. The molecule has 0 aromatic carbocycles. The molecule has 0 aliphatic rings. The zero-order chi connectivity index (χ0) is 10.1. The number of rotatable bonds is 2. The Bertz CT molecular complexity index is 464. The van der Waals surface area contributed by atoms with Crippen molar-refractivity contribution in [2.75, 3.05) is 0 Å². The van der Waals surface area contributed by atoms with Crippen molar-refractivity contribution in [2.24, 2.45) is 0 Å². The second kappa shape index (κ2) is 3.06. The van der Waals surface area contributed by atoms with Gasteiger partial charge in [-0.1, -0.05) is 0 Å². The van der Waals surface area contributed by atoms with Crippen LogP contribution in [-0.2, 0) is 0 Å². The van der Waals surface area contributed by atoms with Crippen molar-refractivity contribution in [3.05, 3.63) is 35.8 Å². The molecule has 0 unspecified atom stereocenters. The van der Waals surface area contributed by atoms with Crippen LogP contribution >= 0.6 is 0 Å². The van der Waals surface area contributed by atoms with Crippen LogP contribution in [-0.4, -0.2) is 11.1 Å². The Hall–Kier alpha value is -1.97. The summed E-state index contributed by atoms with van der Waals surface area (Å²) in [5.74, 6) is 0.381. The number of aromatic carboxylic acids is 1. The van der Waals surface area contributed by atoms with Crippen LogP contribution in [0.1, 0.15) is 16.1 Å². The van der Waals surface area contributed by atoms with Crippen molar-refractivity contribution in [3.63, 3.8) is 0 Å². The fourth-order valence-electron chi connectivity index (χ4n) is 1.23. The summed E-state index contributed by atoms with van der Waals surface area (Å²) in [6.45, 7) is 1.78. The molecule has 0 amide bonds. The Morgan fingerprint density at radius 2 is 2.14 bits per heavy atom. The summed E-state index contributed by atoms with van der Waals surface area (Å²) >= 11 is 0. The molecule has 0 aliphatic carbocycles. The lowest BCUT2D eigenvalue weighted by Gasteiger charge is -1.93. The van der Waals surface area contributed by atoms with Crippen LogP contribution in [0.5, 0.6) is 0 Å². The van der Waals surface area contributed by atoms with Crippen molar-refractivity contribution in [2.45, 2.75) is 6.92 Å². The fraction of sp³-hybridized carbons (Fsp3) is 0.100. The lowest BCUT2D eigenvalue weighted by Crippen LogP contribution is -1.95. The van der Waals surface area contributed by atoms with Crippen molar-refractivity contribution < 1.29 is 18.7 Å². The van der Waals surface area contributed by atoms with E-state index in [9.17, 15) is 4.79 Å². The van der Waals surface area contributed by atoms with Gasteiger partial charge in [0, 0.05) is 0 Å². The molecule has 1 N–H and O–H groups in total. The van der Waals surface area contributed by atoms with Gasteiger partial charge in [-0.3, -0.25) is 0 Å². The molecule has 0 aliphatic heterocycles. The first-order valence-corrected chi connectivity index (χ1v) is 4.06. The Kier molecular flexibility index (Phi) is 1.89. The molecule has 0 atom stereocenters. The van der Waals surface area contributed by atoms with Crippen LogP contribution in [0.25, 0.3) is 11.5 Å². The smallest absolute Gasteiger partial charge is 0.339 e. The highest BCUT2D eigenvalue weighted by atomic mass is 16.4. The minimum absolute atomic E-state index is 0.111. The van der Waals surface area contributed by atoms with E-state index in [4.69, 9.17) is 13.9 Å². The highest BCUT2D eigenvalue weighted by Crippen LogP contribution is 2.26. The lowest BCUT2D eigenvalue weighted by molar-refractivity contribution is 0.0697. The van der Waals surface area contributed by atoms with E-state index in [2.05, 4.69) is 0 Å². The summed E-state index contributed by atoms with van der Waals surface area (Å²) in [7, 11) is 0. The number of carboxylic acids is 1. The predicted molar refractivity (Wildman–Crippen MR) is 48.1 cm³/mol. The molecule has 2 heterocycles. The monoisotopic (exact) mass is 192 g/mol. The van der Waals surface area contributed by atoms with Gasteiger partial charge in [0.25, 0.3) is 0 Å². The second-order valence-electron chi connectivity index (χ2n) is 2.88. The molecule has 0 bridgehead atoms. The number of carbonyl (C=O) groups is 1. The van der Waals surface area contributed by atoms with Gasteiger partial charge in [0.05, 0.1) is 6.26 Å². The normalized spacial score (nSPS) is 10.4. The largest absolute Gasteiger partial charge is 0.478 e. The zero-order valence-corrected chi connectivity index (χ0v) is 7.48. The predicted octanol–water partition coefficient (Wildman–Crippen LogP) is 2.55. The lowest BCUT2D eigenvalue weighted by atomic mass is 10.2. The highest BCUT2D eigenvalue weighted by molar-refractivity contribution is 5.93. The number of aryl methyl sites for hydroxylation is 1. The van der Waals surface area contributed by atoms with E-state index in [1.54, 1.807) is 19.1 Å². The summed E-state index contributed by atoms with van der Waals surface area (Å²) < 4.78 is 10.3. The molecule has 0 saturated heterocycles. The standard InChI is InChI=1S/C10H8O4/c1-6-2-3-8(14-6)9-7(10(11)12)4-5-13-9/h2-5H,1H3,(H,11,12). The van der Waals surface area contributed by atoms with E-state index in [0.29, 0.717) is 11.5 Å². The maximum atomic E-state index is 10.8. The summed E-state index contributed by atoms with van der Waals surface area (Å²) in [5, 5.41) is 8.82. The van der Waals surface area contributed by atoms with E-state index >= 15 is 0 Å². The average Bonchev–Trinajstić information content (AvgIpc) is 2.70. The first-order valence-electron chi connectivity index (χ1n) is 4.06. The van der Waals surface area contributed by atoms with Crippen molar-refractivity contribution in [1.82, 2.24) is 0 Å². The number of carboxylic acid groups (broad SMARTS) is 1. The van der Waals surface area contributed by atoms with Gasteiger partial charge in [-0.25, -0.2) is 4.79 Å². The van der Waals surface area contributed by atoms with E-state index in [1.165, 1.54) is 12.3 Å². The molecule has 72 valence electrons. The average molecular weight is 192 g/mol.